The molecule has 26 heavy (non-hydrogen) atoms. The van der Waals surface area contributed by atoms with Crippen LogP contribution in [-0.4, -0.2) is 36.0 Å². The summed E-state index contributed by atoms with van der Waals surface area (Å²) in [7, 11) is 1.78. The first kappa shape index (κ1) is 16.5. The number of aromatic nitrogens is 6. The molecule has 1 aromatic carbocycles. The summed E-state index contributed by atoms with van der Waals surface area (Å²) in [6.45, 7) is 0. The van der Waals surface area contributed by atoms with Crippen molar-refractivity contribution in [2.45, 2.75) is 12.8 Å². The second-order valence-corrected chi connectivity index (χ2v) is 6.49. The molecule has 0 radical (unpaired) electrons. The molecule has 134 valence electrons. The highest BCUT2D eigenvalue weighted by molar-refractivity contribution is 7.16. The lowest BCUT2D eigenvalue weighted by atomic mass is 10.1. The molecule has 0 unspecified atom stereocenters. The Labute approximate surface area is 148 Å². The van der Waals surface area contributed by atoms with E-state index in [0.29, 0.717) is 21.4 Å². The minimum absolute atomic E-state index is 0.187. The Balaban J connectivity index is 1.66. The molecule has 0 atom stereocenters. The lowest BCUT2D eigenvalue weighted by Crippen LogP contribution is -2.18. The van der Waals surface area contributed by atoms with Crippen LogP contribution >= 0.6 is 11.3 Å². The van der Waals surface area contributed by atoms with E-state index in [4.69, 9.17) is 0 Å². The van der Waals surface area contributed by atoms with Gasteiger partial charge in [-0.1, -0.05) is 29.5 Å². The first-order valence-corrected chi connectivity index (χ1v) is 8.24. The van der Waals surface area contributed by atoms with Crippen LogP contribution in [0.15, 0.2) is 36.7 Å². The van der Waals surface area contributed by atoms with Gasteiger partial charge in [0, 0.05) is 25.2 Å². The normalized spacial score (nSPS) is 12.0. The van der Waals surface area contributed by atoms with Crippen LogP contribution in [0.25, 0.3) is 16.3 Å². The van der Waals surface area contributed by atoms with Gasteiger partial charge in [-0.2, -0.15) is 14.7 Å². The molecule has 0 saturated heterocycles. The maximum absolute atomic E-state index is 12.6. The standard InChI is InChI=1S/C15H11F3N6OS/c1-23-8-10(7-19-23)13-20-21-14-24(13)22-12(26-14)6-9-4-2-3-5-11(9)25-15(16,17)18/h2-5,7-8H,6H2,1H3. The van der Waals surface area contributed by atoms with Crippen molar-refractivity contribution in [1.82, 2.24) is 29.6 Å². The Morgan fingerprint density at radius 2 is 2.00 bits per heavy atom. The number of alkyl halides is 3. The van der Waals surface area contributed by atoms with Crippen LogP contribution < -0.4 is 4.74 Å². The Bertz CT molecular complexity index is 1070. The third kappa shape index (κ3) is 3.25. The molecule has 0 N–H and O–H groups in total. The van der Waals surface area contributed by atoms with E-state index < -0.39 is 6.36 Å². The van der Waals surface area contributed by atoms with E-state index in [0.717, 1.165) is 5.56 Å². The molecule has 0 aliphatic rings. The van der Waals surface area contributed by atoms with Crippen LogP contribution in [0.4, 0.5) is 13.2 Å². The monoisotopic (exact) mass is 380 g/mol. The molecular formula is C15H11F3N6OS. The molecule has 0 amide bonds. The molecule has 0 saturated carbocycles. The largest absolute Gasteiger partial charge is 0.573 e. The van der Waals surface area contributed by atoms with E-state index in [-0.39, 0.29) is 12.2 Å². The number of ether oxygens (including phenoxy) is 1. The van der Waals surface area contributed by atoms with Gasteiger partial charge in [0.25, 0.3) is 0 Å². The summed E-state index contributed by atoms with van der Waals surface area (Å²) < 4.78 is 44.9. The van der Waals surface area contributed by atoms with Crippen LogP contribution in [-0.2, 0) is 13.5 Å². The summed E-state index contributed by atoms with van der Waals surface area (Å²) in [5.41, 5.74) is 1.13. The van der Waals surface area contributed by atoms with E-state index in [2.05, 4.69) is 25.1 Å². The summed E-state index contributed by atoms with van der Waals surface area (Å²) in [5.74, 6) is 0.286. The summed E-state index contributed by atoms with van der Waals surface area (Å²) in [4.78, 5) is 0.549. The summed E-state index contributed by atoms with van der Waals surface area (Å²) in [5, 5.41) is 17.3. The second kappa shape index (κ2) is 6.09. The molecule has 0 aliphatic heterocycles. The van der Waals surface area contributed by atoms with Crippen LogP contribution in [0.5, 0.6) is 5.75 Å². The van der Waals surface area contributed by atoms with E-state index in [1.807, 2.05) is 0 Å². The van der Waals surface area contributed by atoms with Gasteiger partial charge in [-0.05, 0) is 6.07 Å². The van der Waals surface area contributed by atoms with Gasteiger partial charge in [0.05, 0.1) is 11.8 Å². The van der Waals surface area contributed by atoms with Crippen molar-refractivity contribution in [3.63, 3.8) is 0 Å². The van der Waals surface area contributed by atoms with E-state index in [9.17, 15) is 13.2 Å². The fourth-order valence-corrected chi connectivity index (χ4v) is 3.34. The van der Waals surface area contributed by atoms with E-state index in [1.165, 1.54) is 23.5 Å². The third-order valence-electron chi connectivity index (χ3n) is 3.54. The van der Waals surface area contributed by atoms with Gasteiger partial charge in [-0.3, -0.25) is 4.68 Å². The Hall–Kier alpha value is -2.95. The van der Waals surface area contributed by atoms with Gasteiger partial charge in [0.2, 0.25) is 4.96 Å². The summed E-state index contributed by atoms with van der Waals surface area (Å²) >= 11 is 1.26. The van der Waals surface area contributed by atoms with Crippen LogP contribution in [0.3, 0.4) is 0 Å². The van der Waals surface area contributed by atoms with Gasteiger partial charge >= 0.3 is 6.36 Å². The number of rotatable bonds is 4. The number of hydrogen-bond donors (Lipinski definition) is 0. The molecule has 11 heteroatoms. The molecule has 3 heterocycles. The van der Waals surface area contributed by atoms with E-state index in [1.54, 1.807) is 40.8 Å². The van der Waals surface area contributed by atoms with Crippen molar-refractivity contribution in [1.29, 1.82) is 0 Å². The Kier molecular flexibility index (Phi) is 3.87. The van der Waals surface area contributed by atoms with Gasteiger partial charge in [0.15, 0.2) is 5.82 Å². The topological polar surface area (TPSA) is 70.1 Å². The smallest absolute Gasteiger partial charge is 0.405 e. The predicted octanol–water partition coefficient (Wildman–Crippen LogP) is 3.08. The molecule has 4 aromatic rings. The number of benzene rings is 1. The third-order valence-corrected chi connectivity index (χ3v) is 4.43. The fraction of sp³-hybridized carbons (Fsp3) is 0.200. The van der Waals surface area contributed by atoms with Crippen molar-refractivity contribution in [3.8, 4) is 17.1 Å². The van der Waals surface area contributed by atoms with Crippen LogP contribution in [0.2, 0.25) is 0 Å². The first-order chi connectivity index (χ1) is 12.4. The van der Waals surface area contributed by atoms with E-state index >= 15 is 0 Å². The maximum Gasteiger partial charge on any atom is 0.573 e. The SMILES string of the molecule is Cn1cc(-c2nnc3sc(Cc4ccccc4OC(F)(F)F)nn23)cn1. The Morgan fingerprint density at radius 1 is 1.19 bits per heavy atom. The summed E-state index contributed by atoms with van der Waals surface area (Å²) in [6, 6.07) is 6.00. The number of hydrogen-bond acceptors (Lipinski definition) is 6. The number of fused-ring (bicyclic) bond motifs is 1. The average Bonchev–Trinajstić information content (AvgIpc) is 3.23. The molecule has 0 spiro atoms. The number of para-hydroxylation sites is 1. The van der Waals surface area contributed by atoms with Gasteiger partial charge in [0.1, 0.15) is 10.8 Å². The molecule has 0 aliphatic carbocycles. The zero-order valence-electron chi connectivity index (χ0n) is 13.3. The van der Waals surface area contributed by atoms with Crippen molar-refractivity contribution in [3.05, 3.63) is 47.2 Å². The molecule has 3 aromatic heterocycles. The zero-order chi connectivity index (χ0) is 18.3. The van der Waals surface area contributed by atoms with Gasteiger partial charge in [-0.15, -0.1) is 23.4 Å². The Morgan fingerprint density at radius 3 is 2.73 bits per heavy atom. The highest BCUT2D eigenvalue weighted by Gasteiger charge is 2.32. The quantitative estimate of drug-likeness (QED) is 0.544. The molecule has 4 rings (SSSR count). The molecule has 0 fully saturated rings. The van der Waals surface area contributed by atoms with Crippen molar-refractivity contribution in [2.75, 3.05) is 0 Å². The molecular weight excluding hydrogens is 369 g/mol. The fourth-order valence-electron chi connectivity index (χ4n) is 2.48. The average molecular weight is 380 g/mol. The van der Waals surface area contributed by atoms with Gasteiger partial charge < -0.3 is 4.74 Å². The number of aryl methyl sites for hydroxylation is 1. The number of nitrogens with zero attached hydrogens (tertiary/aromatic N) is 6. The lowest BCUT2D eigenvalue weighted by molar-refractivity contribution is -0.274. The minimum Gasteiger partial charge on any atom is -0.405 e. The van der Waals surface area contributed by atoms with Gasteiger partial charge in [-0.25, -0.2) is 0 Å². The summed E-state index contributed by atoms with van der Waals surface area (Å²) in [6.07, 6.45) is -1.14. The predicted molar refractivity (Wildman–Crippen MR) is 86.8 cm³/mol. The number of halogens is 3. The van der Waals surface area contributed by atoms with Crippen molar-refractivity contribution >= 4 is 16.3 Å². The highest BCUT2D eigenvalue weighted by Crippen LogP contribution is 2.29. The highest BCUT2D eigenvalue weighted by atomic mass is 32.1. The molecule has 0 bridgehead atoms. The van der Waals surface area contributed by atoms with Crippen LogP contribution in [0, 0.1) is 0 Å². The van der Waals surface area contributed by atoms with Crippen molar-refractivity contribution in [2.24, 2.45) is 7.05 Å². The lowest BCUT2D eigenvalue weighted by Gasteiger charge is -2.12. The zero-order valence-corrected chi connectivity index (χ0v) is 14.1. The molecule has 7 nitrogen and oxygen atoms in total. The second-order valence-electron chi connectivity index (χ2n) is 5.45. The minimum atomic E-state index is -4.75. The van der Waals surface area contributed by atoms with Crippen LogP contribution in [0.1, 0.15) is 10.6 Å². The first-order valence-electron chi connectivity index (χ1n) is 7.43. The van der Waals surface area contributed by atoms with Crippen molar-refractivity contribution < 1.29 is 17.9 Å². The maximum atomic E-state index is 12.6.